The zero-order valence-corrected chi connectivity index (χ0v) is 17.7. The number of hydrogen-bond acceptors (Lipinski definition) is 5. The van der Waals surface area contributed by atoms with Gasteiger partial charge in [-0.3, -0.25) is 9.78 Å². The fourth-order valence-electron chi connectivity index (χ4n) is 3.62. The minimum absolute atomic E-state index is 0.0173. The summed E-state index contributed by atoms with van der Waals surface area (Å²) in [5.74, 6) is -0.573. The first-order valence-corrected chi connectivity index (χ1v) is 10.8. The average molecular weight is 455 g/mol. The highest BCUT2D eigenvalue weighted by atomic mass is 32.2. The second kappa shape index (κ2) is 7.63. The Kier molecular flexibility index (Phi) is 5.59. The highest BCUT2D eigenvalue weighted by Gasteiger charge is 2.54. The predicted molar refractivity (Wildman–Crippen MR) is 106 cm³/mol. The Bertz CT molecular complexity index is 1100. The lowest BCUT2D eigenvalue weighted by atomic mass is 9.96. The monoisotopic (exact) mass is 455 g/mol. The molecule has 3 rings (SSSR count). The van der Waals surface area contributed by atoms with Gasteiger partial charge in [-0.05, 0) is 62.2 Å². The molecule has 31 heavy (non-hydrogen) atoms. The van der Waals surface area contributed by atoms with E-state index in [1.54, 1.807) is 38.4 Å². The van der Waals surface area contributed by atoms with Gasteiger partial charge < -0.3 is 4.90 Å². The number of halogens is 3. The zero-order chi connectivity index (χ0) is 23.2. The summed E-state index contributed by atoms with van der Waals surface area (Å²) in [6.45, 7) is 5.03. The Morgan fingerprint density at radius 1 is 1.03 bits per heavy atom. The van der Waals surface area contributed by atoms with Gasteiger partial charge in [0.15, 0.2) is 0 Å². The van der Waals surface area contributed by atoms with Gasteiger partial charge in [0.05, 0.1) is 16.6 Å². The highest BCUT2D eigenvalue weighted by Crippen LogP contribution is 2.40. The van der Waals surface area contributed by atoms with E-state index < -0.39 is 43.8 Å². The number of carbonyl (C=O) groups excluding carboxylic acids is 2. The molecule has 1 fully saturated rings. The van der Waals surface area contributed by atoms with Crippen molar-refractivity contribution in [3.63, 3.8) is 0 Å². The summed E-state index contributed by atoms with van der Waals surface area (Å²) < 4.78 is 61.4. The van der Waals surface area contributed by atoms with Crippen molar-refractivity contribution in [1.82, 2.24) is 9.88 Å². The Balaban J connectivity index is 2.00. The van der Waals surface area contributed by atoms with E-state index in [4.69, 9.17) is 0 Å². The van der Waals surface area contributed by atoms with Crippen LogP contribution in [0.1, 0.15) is 38.8 Å². The van der Waals surface area contributed by atoms with Crippen LogP contribution in [-0.2, 0) is 14.6 Å². The first kappa shape index (κ1) is 22.7. The number of nitrogens with zero attached hydrogens (tertiary/aromatic N) is 3. The minimum atomic E-state index is -5.54. The van der Waals surface area contributed by atoms with Crippen LogP contribution in [0, 0.1) is 0 Å². The van der Waals surface area contributed by atoms with E-state index >= 15 is 0 Å². The second-order valence-electron chi connectivity index (χ2n) is 7.50. The smallest absolute Gasteiger partial charge is 0.303 e. The molecule has 1 aromatic carbocycles. The van der Waals surface area contributed by atoms with E-state index in [1.165, 1.54) is 4.90 Å². The maximum atomic E-state index is 13.3. The molecule has 0 saturated carbocycles. The van der Waals surface area contributed by atoms with E-state index in [0.717, 1.165) is 34.7 Å². The minimum Gasteiger partial charge on any atom is -0.303 e. The van der Waals surface area contributed by atoms with Gasteiger partial charge in [0.1, 0.15) is 5.54 Å². The van der Waals surface area contributed by atoms with Crippen LogP contribution in [0.25, 0.3) is 0 Å². The standard InChI is InChI=1S/C20H20F3N3O4S/c1-4-16(13-9-11-24-12-10-13)26-18(28)25(17(27)19(26,2)3)14-5-7-15(8-6-14)31(29,30)20(21,22)23/h5-12,16H,4H2,1-3H3. The van der Waals surface area contributed by atoms with Crippen LogP contribution in [-0.4, -0.2) is 41.3 Å². The van der Waals surface area contributed by atoms with Gasteiger partial charge in [0.25, 0.3) is 15.7 Å². The van der Waals surface area contributed by atoms with Crippen molar-refractivity contribution in [3.05, 3.63) is 54.4 Å². The number of imide groups is 1. The third-order valence-corrected chi connectivity index (χ3v) is 6.73. The maximum absolute atomic E-state index is 13.3. The van der Waals surface area contributed by atoms with Gasteiger partial charge in [-0.2, -0.15) is 13.2 Å². The van der Waals surface area contributed by atoms with Crippen LogP contribution in [0.2, 0.25) is 0 Å². The quantitative estimate of drug-likeness (QED) is 0.634. The van der Waals surface area contributed by atoms with Crippen LogP contribution in [0.15, 0.2) is 53.7 Å². The van der Waals surface area contributed by atoms with Gasteiger partial charge in [0.2, 0.25) is 0 Å². The SMILES string of the molecule is CCC(c1ccncc1)N1C(=O)N(c2ccc(S(=O)(=O)C(F)(F)F)cc2)C(=O)C1(C)C. The van der Waals surface area contributed by atoms with E-state index in [9.17, 15) is 31.2 Å². The summed E-state index contributed by atoms with van der Waals surface area (Å²) in [4.78, 5) is 31.6. The Morgan fingerprint density at radius 2 is 1.58 bits per heavy atom. The molecule has 1 unspecified atom stereocenters. The van der Waals surface area contributed by atoms with Crippen LogP contribution in [0.4, 0.5) is 23.7 Å². The molecule has 2 aromatic rings. The molecule has 1 atom stereocenters. The number of urea groups is 1. The molecule has 0 bridgehead atoms. The molecule has 166 valence electrons. The molecule has 2 heterocycles. The normalized spacial score (nSPS) is 17.9. The van der Waals surface area contributed by atoms with Crippen molar-refractivity contribution in [2.24, 2.45) is 0 Å². The van der Waals surface area contributed by atoms with Gasteiger partial charge in [-0.1, -0.05) is 6.92 Å². The Morgan fingerprint density at radius 3 is 2.06 bits per heavy atom. The number of aromatic nitrogens is 1. The average Bonchev–Trinajstić information content (AvgIpc) is 2.88. The van der Waals surface area contributed by atoms with Crippen molar-refractivity contribution in [3.8, 4) is 0 Å². The molecule has 0 N–H and O–H groups in total. The van der Waals surface area contributed by atoms with Gasteiger partial charge in [0, 0.05) is 12.4 Å². The van der Waals surface area contributed by atoms with Crippen molar-refractivity contribution in [2.45, 2.75) is 49.2 Å². The van der Waals surface area contributed by atoms with Gasteiger partial charge in [-0.15, -0.1) is 0 Å². The van der Waals surface area contributed by atoms with Crippen molar-refractivity contribution < 1.29 is 31.2 Å². The van der Waals surface area contributed by atoms with Gasteiger partial charge in [-0.25, -0.2) is 18.1 Å². The lowest BCUT2D eigenvalue weighted by molar-refractivity contribution is -0.124. The number of anilines is 1. The summed E-state index contributed by atoms with van der Waals surface area (Å²) in [5, 5.41) is 0. The predicted octanol–water partition coefficient (Wildman–Crippen LogP) is 4.07. The third kappa shape index (κ3) is 3.67. The molecular formula is C20H20F3N3O4S. The number of sulfone groups is 1. The number of alkyl halides is 3. The fourth-order valence-corrected chi connectivity index (χ4v) is 4.38. The van der Waals surface area contributed by atoms with Crippen LogP contribution >= 0.6 is 0 Å². The molecule has 1 saturated heterocycles. The Labute approximate surface area is 177 Å². The number of pyridine rings is 1. The highest BCUT2D eigenvalue weighted by molar-refractivity contribution is 7.92. The first-order valence-electron chi connectivity index (χ1n) is 9.33. The molecule has 1 aromatic heterocycles. The summed E-state index contributed by atoms with van der Waals surface area (Å²) >= 11 is 0. The summed E-state index contributed by atoms with van der Waals surface area (Å²) in [7, 11) is -5.54. The number of carbonyl (C=O) groups is 2. The lowest BCUT2D eigenvalue weighted by Crippen LogP contribution is -2.46. The maximum Gasteiger partial charge on any atom is 0.501 e. The first-order chi connectivity index (χ1) is 14.3. The topological polar surface area (TPSA) is 87.7 Å². The number of amides is 3. The molecule has 1 aliphatic rings. The molecule has 0 radical (unpaired) electrons. The van der Waals surface area contributed by atoms with E-state index in [-0.39, 0.29) is 5.69 Å². The largest absolute Gasteiger partial charge is 0.501 e. The number of benzene rings is 1. The summed E-state index contributed by atoms with van der Waals surface area (Å²) in [6, 6.07) is 5.88. The van der Waals surface area contributed by atoms with E-state index in [2.05, 4.69) is 4.98 Å². The molecule has 7 nitrogen and oxygen atoms in total. The van der Waals surface area contributed by atoms with Crippen molar-refractivity contribution in [1.29, 1.82) is 0 Å². The fraction of sp³-hybridized carbons (Fsp3) is 0.350. The van der Waals surface area contributed by atoms with Crippen LogP contribution < -0.4 is 4.90 Å². The van der Waals surface area contributed by atoms with Crippen molar-refractivity contribution >= 4 is 27.5 Å². The van der Waals surface area contributed by atoms with Crippen molar-refractivity contribution in [2.75, 3.05) is 4.90 Å². The second-order valence-corrected chi connectivity index (χ2v) is 9.44. The summed E-state index contributed by atoms with van der Waals surface area (Å²) in [6.07, 6.45) is 3.65. The summed E-state index contributed by atoms with van der Waals surface area (Å²) in [5.41, 5.74) is -5.93. The molecule has 1 aliphatic heterocycles. The molecular weight excluding hydrogens is 435 g/mol. The molecule has 0 spiro atoms. The van der Waals surface area contributed by atoms with E-state index in [1.807, 2.05) is 6.92 Å². The zero-order valence-electron chi connectivity index (χ0n) is 16.9. The third-order valence-electron chi connectivity index (χ3n) is 5.23. The van der Waals surface area contributed by atoms with Crippen LogP contribution in [0.3, 0.4) is 0 Å². The number of hydrogen-bond donors (Lipinski definition) is 0. The molecule has 0 aliphatic carbocycles. The van der Waals surface area contributed by atoms with Gasteiger partial charge >= 0.3 is 11.5 Å². The Hall–Kier alpha value is -2.95. The molecule has 3 amide bonds. The van der Waals surface area contributed by atoms with E-state index in [0.29, 0.717) is 6.42 Å². The molecule has 11 heteroatoms. The lowest BCUT2D eigenvalue weighted by Gasteiger charge is -2.35. The number of rotatable bonds is 5. The van der Waals surface area contributed by atoms with Crippen LogP contribution in [0.5, 0.6) is 0 Å².